The third-order valence-electron chi connectivity index (χ3n) is 3.35. The lowest BCUT2D eigenvalue weighted by molar-refractivity contribution is -0.120. The van der Waals surface area contributed by atoms with Crippen LogP contribution in [0.4, 0.5) is 0 Å². The Labute approximate surface area is 96.6 Å². The first kappa shape index (κ1) is 11.2. The molecule has 0 heterocycles. The fraction of sp³-hybridized carbons (Fsp3) is 0.500. The van der Waals surface area contributed by atoms with Crippen molar-refractivity contribution in [3.05, 3.63) is 29.8 Å². The van der Waals surface area contributed by atoms with Crippen LogP contribution < -0.4 is 4.74 Å². The number of carbonyl (C=O) groups is 1. The summed E-state index contributed by atoms with van der Waals surface area (Å²) in [5.74, 6) is 2.03. The molecule has 1 aromatic rings. The summed E-state index contributed by atoms with van der Waals surface area (Å²) in [5.41, 5.74) is 1.35. The van der Waals surface area contributed by atoms with Crippen LogP contribution in [0.2, 0.25) is 0 Å². The van der Waals surface area contributed by atoms with Crippen molar-refractivity contribution in [2.24, 2.45) is 5.92 Å². The van der Waals surface area contributed by atoms with E-state index < -0.39 is 0 Å². The summed E-state index contributed by atoms with van der Waals surface area (Å²) >= 11 is 0. The van der Waals surface area contributed by atoms with E-state index in [0.717, 1.165) is 37.9 Å². The highest BCUT2D eigenvalue weighted by Crippen LogP contribution is 2.25. The molecule has 0 aromatic heterocycles. The molecule has 86 valence electrons. The molecule has 0 spiro atoms. The van der Waals surface area contributed by atoms with Crippen LogP contribution in [0.1, 0.15) is 31.2 Å². The van der Waals surface area contributed by atoms with Gasteiger partial charge in [0.1, 0.15) is 11.5 Å². The van der Waals surface area contributed by atoms with Crippen LogP contribution in [-0.4, -0.2) is 12.9 Å². The number of hydrogen-bond acceptors (Lipinski definition) is 2. The van der Waals surface area contributed by atoms with E-state index in [4.69, 9.17) is 4.74 Å². The monoisotopic (exact) mass is 218 g/mol. The van der Waals surface area contributed by atoms with Crippen LogP contribution in [0, 0.1) is 5.92 Å². The summed E-state index contributed by atoms with van der Waals surface area (Å²) in [4.78, 5) is 11.1. The van der Waals surface area contributed by atoms with Gasteiger partial charge in [0.05, 0.1) is 7.11 Å². The van der Waals surface area contributed by atoms with Crippen LogP contribution in [-0.2, 0) is 11.2 Å². The van der Waals surface area contributed by atoms with Crippen molar-refractivity contribution in [3.63, 3.8) is 0 Å². The highest BCUT2D eigenvalue weighted by Gasteiger charge is 2.18. The normalized spacial score (nSPS) is 17.4. The molecule has 0 bridgehead atoms. The lowest BCUT2D eigenvalue weighted by atomic mass is 9.84. The number of methoxy groups -OCH3 is 1. The first-order valence-corrected chi connectivity index (χ1v) is 5.92. The molecular formula is C14H18O2. The third-order valence-corrected chi connectivity index (χ3v) is 3.35. The summed E-state index contributed by atoms with van der Waals surface area (Å²) in [6.45, 7) is 0. The smallest absolute Gasteiger partial charge is 0.132 e. The quantitative estimate of drug-likeness (QED) is 0.779. The van der Waals surface area contributed by atoms with Gasteiger partial charge in [-0.05, 0) is 42.9 Å². The molecule has 0 saturated heterocycles. The highest BCUT2D eigenvalue weighted by molar-refractivity contribution is 5.79. The van der Waals surface area contributed by atoms with E-state index in [1.807, 2.05) is 12.1 Å². The Balaban J connectivity index is 1.90. The van der Waals surface area contributed by atoms with Crippen molar-refractivity contribution in [1.29, 1.82) is 0 Å². The molecule has 0 N–H and O–H groups in total. The standard InChI is InChI=1S/C14H18O2/c1-16-14-8-4-12(5-9-14)10-11-2-6-13(15)7-3-11/h4-5,8-9,11H,2-3,6-7,10H2,1H3. The molecule has 2 rings (SSSR count). The Kier molecular flexibility index (Phi) is 3.60. The molecule has 0 aliphatic heterocycles. The second-order valence-corrected chi connectivity index (χ2v) is 4.53. The Bertz CT molecular complexity index is 344. The van der Waals surface area contributed by atoms with Crippen LogP contribution >= 0.6 is 0 Å². The van der Waals surface area contributed by atoms with Gasteiger partial charge in [-0.3, -0.25) is 4.79 Å². The first-order chi connectivity index (χ1) is 7.78. The van der Waals surface area contributed by atoms with Crippen LogP contribution in [0.3, 0.4) is 0 Å². The molecule has 0 unspecified atom stereocenters. The van der Waals surface area contributed by atoms with Gasteiger partial charge in [0.2, 0.25) is 0 Å². The molecular weight excluding hydrogens is 200 g/mol. The molecule has 0 radical (unpaired) electrons. The van der Waals surface area contributed by atoms with Crippen molar-refractivity contribution < 1.29 is 9.53 Å². The molecule has 2 nitrogen and oxygen atoms in total. The summed E-state index contributed by atoms with van der Waals surface area (Å²) in [5, 5.41) is 0. The molecule has 1 saturated carbocycles. The summed E-state index contributed by atoms with van der Waals surface area (Å²) < 4.78 is 5.13. The minimum Gasteiger partial charge on any atom is -0.497 e. The van der Waals surface area contributed by atoms with E-state index in [0.29, 0.717) is 11.7 Å². The molecule has 2 heteroatoms. The Morgan fingerprint density at radius 2 is 1.81 bits per heavy atom. The lowest BCUT2D eigenvalue weighted by Crippen LogP contribution is -2.15. The zero-order valence-corrected chi connectivity index (χ0v) is 9.74. The van der Waals surface area contributed by atoms with Gasteiger partial charge in [-0.1, -0.05) is 12.1 Å². The number of carbonyl (C=O) groups excluding carboxylic acids is 1. The van der Waals surface area contributed by atoms with E-state index in [-0.39, 0.29) is 0 Å². The fourth-order valence-electron chi connectivity index (χ4n) is 2.30. The number of ether oxygens (including phenoxy) is 1. The first-order valence-electron chi connectivity index (χ1n) is 5.92. The van der Waals surface area contributed by atoms with E-state index in [2.05, 4.69) is 12.1 Å². The zero-order chi connectivity index (χ0) is 11.4. The van der Waals surface area contributed by atoms with Crippen molar-refractivity contribution in [2.75, 3.05) is 7.11 Å². The maximum atomic E-state index is 11.1. The van der Waals surface area contributed by atoms with E-state index in [9.17, 15) is 4.79 Å². The molecule has 0 amide bonds. The van der Waals surface area contributed by atoms with E-state index in [1.165, 1.54) is 5.56 Å². The van der Waals surface area contributed by atoms with Gasteiger partial charge in [-0.25, -0.2) is 0 Å². The Morgan fingerprint density at radius 1 is 1.19 bits per heavy atom. The number of ketones is 1. The van der Waals surface area contributed by atoms with Crippen molar-refractivity contribution >= 4 is 5.78 Å². The van der Waals surface area contributed by atoms with Gasteiger partial charge in [-0.15, -0.1) is 0 Å². The second-order valence-electron chi connectivity index (χ2n) is 4.53. The van der Waals surface area contributed by atoms with Gasteiger partial charge in [0.25, 0.3) is 0 Å². The largest absolute Gasteiger partial charge is 0.497 e. The molecule has 16 heavy (non-hydrogen) atoms. The predicted molar refractivity (Wildman–Crippen MR) is 63.7 cm³/mol. The number of Topliss-reactive ketones (excluding diaryl/α,β-unsaturated/α-hetero) is 1. The maximum Gasteiger partial charge on any atom is 0.132 e. The lowest BCUT2D eigenvalue weighted by Gasteiger charge is -2.20. The average Bonchev–Trinajstić information content (AvgIpc) is 2.33. The minimum atomic E-state index is 0.436. The Hall–Kier alpha value is -1.31. The summed E-state index contributed by atoms with van der Waals surface area (Å²) in [6.07, 6.45) is 4.77. The fourth-order valence-corrected chi connectivity index (χ4v) is 2.30. The molecule has 1 aliphatic rings. The minimum absolute atomic E-state index is 0.436. The maximum absolute atomic E-state index is 11.1. The van der Waals surface area contributed by atoms with Gasteiger partial charge < -0.3 is 4.74 Å². The van der Waals surface area contributed by atoms with Crippen molar-refractivity contribution in [2.45, 2.75) is 32.1 Å². The van der Waals surface area contributed by atoms with Crippen LogP contribution in [0.15, 0.2) is 24.3 Å². The number of hydrogen-bond donors (Lipinski definition) is 0. The van der Waals surface area contributed by atoms with E-state index >= 15 is 0 Å². The number of rotatable bonds is 3. The summed E-state index contributed by atoms with van der Waals surface area (Å²) in [6, 6.07) is 8.25. The van der Waals surface area contributed by atoms with Gasteiger partial charge in [0.15, 0.2) is 0 Å². The zero-order valence-electron chi connectivity index (χ0n) is 9.74. The van der Waals surface area contributed by atoms with Gasteiger partial charge in [-0.2, -0.15) is 0 Å². The van der Waals surface area contributed by atoms with Crippen molar-refractivity contribution in [3.8, 4) is 5.75 Å². The summed E-state index contributed by atoms with van der Waals surface area (Å²) in [7, 11) is 1.68. The molecule has 1 fully saturated rings. The van der Waals surface area contributed by atoms with Crippen LogP contribution in [0.5, 0.6) is 5.75 Å². The second kappa shape index (κ2) is 5.15. The number of benzene rings is 1. The molecule has 1 aliphatic carbocycles. The SMILES string of the molecule is COc1ccc(CC2CCC(=O)CC2)cc1. The predicted octanol–water partition coefficient (Wildman–Crippen LogP) is 3.00. The van der Waals surface area contributed by atoms with E-state index in [1.54, 1.807) is 7.11 Å². The molecule has 0 atom stereocenters. The third kappa shape index (κ3) is 2.84. The molecule has 1 aromatic carbocycles. The van der Waals surface area contributed by atoms with Crippen LogP contribution in [0.25, 0.3) is 0 Å². The Morgan fingerprint density at radius 3 is 2.38 bits per heavy atom. The van der Waals surface area contributed by atoms with Gasteiger partial charge in [0, 0.05) is 12.8 Å². The van der Waals surface area contributed by atoms with Crippen molar-refractivity contribution in [1.82, 2.24) is 0 Å². The van der Waals surface area contributed by atoms with Gasteiger partial charge >= 0.3 is 0 Å². The topological polar surface area (TPSA) is 26.3 Å². The highest BCUT2D eigenvalue weighted by atomic mass is 16.5. The average molecular weight is 218 g/mol.